The Morgan fingerprint density at radius 3 is 2.61 bits per heavy atom. The number of pyridine rings is 1. The molecule has 0 fully saturated rings. The number of nitrogens with two attached hydrogens (primary N) is 1. The highest BCUT2D eigenvalue weighted by Crippen LogP contribution is 2.13. The maximum atomic E-state index is 12.2. The summed E-state index contributed by atoms with van der Waals surface area (Å²) >= 11 is 0. The number of aromatic nitrogens is 1. The summed E-state index contributed by atoms with van der Waals surface area (Å²) in [6, 6.07) is 3.37. The van der Waals surface area contributed by atoms with Gasteiger partial charge in [-0.3, -0.25) is 15.0 Å². The topological polar surface area (TPSA) is 77.1 Å². The zero-order valence-corrected chi connectivity index (χ0v) is 11.2. The largest absolute Gasteiger partial charge is 0.312 e. The minimum absolute atomic E-state index is 0.0954. The van der Waals surface area contributed by atoms with Gasteiger partial charge in [-0.15, -0.1) is 0 Å². The molecule has 0 bridgehead atoms. The Hall–Kier alpha value is -1.62. The zero-order valence-electron chi connectivity index (χ0n) is 11.2. The average molecular weight is 251 g/mol. The first-order chi connectivity index (χ1) is 8.52. The predicted molar refractivity (Wildman–Crippen MR) is 71.4 cm³/mol. The fourth-order valence-corrected chi connectivity index (χ4v) is 1.89. The molecular formula is C13H21N3O2. The summed E-state index contributed by atoms with van der Waals surface area (Å²) in [5.41, 5.74) is 2.78. The lowest BCUT2D eigenvalue weighted by Crippen LogP contribution is -2.37. The molecule has 5 nitrogen and oxygen atoms in total. The number of rotatable bonds is 5. The molecule has 1 aromatic rings. The number of hydrazine groups is 1. The smallest absolute Gasteiger partial charge is 0.270 e. The van der Waals surface area contributed by atoms with E-state index in [-0.39, 0.29) is 17.0 Å². The highest BCUT2D eigenvalue weighted by molar-refractivity contribution is 5.93. The first kappa shape index (κ1) is 14.4. The number of hydrogen-bond donors (Lipinski definition) is 2. The third kappa shape index (κ3) is 2.98. The van der Waals surface area contributed by atoms with Gasteiger partial charge in [0.2, 0.25) is 0 Å². The van der Waals surface area contributed by atoms with Crippen LogP contribution in [0.1, 0.15) is 55.6 Å². The van der Waals surface area contributed by atoms with Gasteiger partial charge in [0.15, 0.2) is 0 Å². The standard InChI is InChI=1S/C13H21N3O2/c1-4-5-8-16-11(9(2)3)7-6-10(13(16)18)12(17)15-14/h6-7,9H,4-5,8,14H2,1-3H3,(H,15,17). The molecule has 0 aliphatic rings. The summed E-state index contributed by atoms with van der Waals surface area (Å²) in [7, 11) is 0. The number of amides is 1. The van der Waals surface area contributed by atoms with Crippen LogP contribution in [0.25, 0.3) is 0 Å². The van der Waals surface area contributed by atoms with Crippen molar-refractivity contribution in [1.82, 2.24) is 9.99 Å². The summed E-state index contributed by atoms with van der Waals surface area (Å²) < 4.78 is 1.68. The molecule has 0 unspecified atom stereocenters. The van der Waals surface area contributed by atoms with Gasteiger partial charge in [-0.2, -0.15) is 0 Å². The zero-order chi connectivity index (χ0) is 13.7. The van der Waals surface area contributed by atoms with Gasteiger partial charge in [0, 0.05) is 12.2 Å². The molecule has 100 valence electrons. The van der Waals surface area contributed by atoms with E-state index < -0.39 is 5.91 Å². The van der Waals surface area contributed by atoms with Crippen LogP contribution in [0.3, 0.4) is 0 Å². The number of hydrogen-bond acceptors (Lipinski definition) is 3. The normalized spacial score (nSPS) is 10.7. The Balaban J connectivity index is 3.30. The second kappa shape index (κ2) is 6.35. The van der Waals surface area contributed by atoms with Crippen LogP contribution in [-0.2, 0) is 6.54 Å². The lowest BCUT2D eigenvalue weighted by molar-refractivity contribution is 0.0951. The summed E-state index contributed by atoms with van der Waals surface area (Å²) in [4.78, 5) is 23.7. The minimum Gasteiger partial charge on any atom is -0.312 e. The minimum atomic E-state index is -0.541. The van der Waals surface area contributed by atoms with Crippen molar-refractivity contribution in [2.24, 2.45) is 5.84 Å². The third-order valence-corrected chi connectivity index (χ3v) is 2.91. The van der Waals surface area contributed by atoms with Crippen LogP contribution in [-0.4, -0.2) is 10.5 Å². The van der Waals surface area contributed by atoms with Crippen molar-refractivity contribution in [3.8, 4) is 0 Å². The van der Waals surface area contributed by atoms with Crippen LogP contribution in [0.5, 0.6) is 0 Å². The molecule has 0 radical (unpaired) electrons. The van der Waals surface area contributed by atoms with Gasteiger partial charge in [-0.25, -0.2) is 5.84 Å². The molecule has 5 heteroatoms. The van der Waals surface area contributed by atoms with Crippen molar-refractivity contribution in [3.63, 3.8) is 0 Å². The van der Waals surface area contributed by atoms with Gasteiger partial charge in [0.25, 0.3) is 11.5 Å². The van der Waals surface area contributed by atoms with E-state index in [1.165, 1.54) is 0 Å². The summed E-state index contributed by atoms with van der Waals surface area (Å²) in [5, 5.41) is 0. The number of nitrogens with zero attached hydrogens (tertiary/aromatic N) is 1. The molecule has 0 spiro atoms. The summed E-state index contributed by atoms with van der Waals surface area (Å²) in [5.74, 6) is 4.77. The van der Waals surface area contributed by atoms with E-state index in [9.17, 15) is 9.59 Å². The Kier molecular flexibility index (Phi) is 5.09. The summed E-state index contributed by atoms with van der Waals surface area (Å²) in [6.45, 7) is 6.75. The molecule has 3 N–H and O–H groups in total. The van der Waals surface area contributed by atoms with Crippen LogP contribution >= 0.6 is 0 Å². The van der Waals surface area contributed by atoms with Gasteiger partial charge < -0.3 is 4.57 Å². The van der Waals surface area contributed by atoms with Crippen molar-refractivity contribution < 1.29 is 4.79 Å². The van der Waals surface area contributed by atoms with E-state index in [1.54, 1.807) is 10.6 Å². The molecule has 18 heavy (non-hydrogen) atoms. The SMILES string of the molecule is CCCCn1c(C(C)C)ccc(C(=O)NN)c1=O. The molecule has 1 heterocycles. The average Bonchev–Trinajstić information content (AvgIpc) is 2.35. The van der Waals surface area contributed by atoms with Gasteiger partial charge in [0.05, 0.1) is 0 Å². The fourth-order valence-electron chi connectivity index (χ4n) is 1.89. The first-order valence-electron chi connectivity index (χ1n) is 6.27. The van der Waals surface area contributed by atoms with Crippen molar-refractivity contribution in [2.45, 2.75) is 46.1 Å². The highest BCUT2D eigenvalue weighted by Gasteiger charge is 2.15. The van der Waals surface area contributed by atoms with Crippen LogP contribution in [0.2, 0.25) is 0 Å². The van der Waals surface area contributed by atoms with Gasteiger partial charge in [0.1, 0.15) is 5.56 Å². The van der Waals surface area contributed by atoms with Crippen molar-refractivity contribution in [2.75, 3.05) is 0 Å². The predicted octanol–water partition coefficient (Wildman–Crippen LogP) is 1.38. The fraction of sp³-hybridized carbons (Fsp3) is 0.538. The lowest BCUT2D eigenvalue weighted by atomic mass is 10.1. The molecule has 0 atom stereocenters. The van der Waals surface area contributed by atoms with Gasteiger partial charge in [-0.1, -0.05) is 27.2 Å². The maximum Gasteiger partial charge on any atom is 0.270 e. The molecule has 0 saturated heterocycles. The second-order valence-electron chi connectivity index (χ2n) is 4.61. The lowest BCUT2D eigenvalue weighted by Gasteiger charge is -2.16. The quantitative estimate of drug-likeness (QED) is 0.471. The Morgan fingerprint density at radius 2 is 2.11 bits per heavy atom. The Labute approximate surface area is 107 Å². The Morgan fingerprint density at radius 1 is 1.44 bits per heavy atom. The van der Waals surface area contributed by atoms with Gasteiger partial charge >= 0.3 is 0 Å². The Bertz CT molecular complexity index is 478. The van der Waals surface area contributed by atoms with Gasteiger partial charge in [-0.05, 0) is 24.5 Å². The van der Waals surface area contributed by atoms with E-state index in [0.29, 0.717) is 6.54 Å². The molecular weight excluding hydrogens is 230 g/mol. The van der Waals surface area contributed by atoms with Crippen LogP contribution in [0.4, 0.5) is 0 Å². The molecule has 0 aromatic carbocycles. The molecule has 0 aliphatic heterocycles. The monoisotopic (exact) mass is 251 g/mol. The van der Waals surface area contributed by atoms with Crippen molar-refractivity contribution in [1.29, 1.82) is 0 Å². The number of nitrogens with one attached hydrogen (secondary N) is 1. The number of unbranched alkanes of at least 4 members (excludes halogenated alkanes) is 1. The van der Waals surface area contributed by atoms with Crippen LogP contribution in [0.15, 0.2) is 16.9 Å². The highest BCUT2D eigenvalue weighted by atomic mass is 16.2. The van der Waals surface area contributed by atoms with E-state index in [0.717, 1.165) is 18.5 Å². The molecule has 1 amide bonds. The van der Waals surface area contributed by atoms with Crippen molar-refractivity contribution >= 4 is 5.91 Å². The van der Waals surface area contributed by atoms with E-state index in [2.05, 4.69) is 6.92 Å². The maximum absolute atomic E-state index is 12.2. The van der Waals surface area contributed by atoms with E-state index in [4.69, 9.17) is 5.84 Å². The number of carbonyl (C=O) groups is 1. The second-order valence-corrected chi connectivity index (χ2v) is 4.61. The van der Waals surface area contributed by atoms with Crippen LogP contribution in [0, 0.1) is 0 Å². The third-order valence-electron chi connectivity index (χ3n) is 2.91. The first-order valence-corrected chi connectivity index (χ1v) is 6.27. The van der Waals surface area contributed by atoms with Crippen molar-refractivity contribution in [3.05, 3.63) is 33.7 Å². The van der Waals surface area contributed by atoms with E-state index >= 15 is 0 Å². The molecule has 0 aliphatic carbocycles. The van der Waals surface area contributed by atoms with Crippen LogP contribution < -0.4 is 16.8 Å². The van der Waals surface area contributed by atoms with E-state index in [1.807, 2.05) is 25.3 Å². The number of nitrogen functional groups attached to an aromatic ring is 1. The molecule has 0 saturated carbocycles. The summed E-state index contributed by atoms with van der Waals surface area (Å²) in [6.07, 6.45) is 1.91. The molecule has 1 rings (SSSR count). The molecule has 1 aromatic heterocycles. The number of carbonyl (C=O) groups excluding carboxylic acids is 1.